The third-order valence-corrected chi connectivity index (χ3v) is 4.70. The van der Waals surface area contributed by atoms with Crippen molar-refractivity contribution in [1.82, 2.24) is 9.29 Å². The SMILES string of the molecule is CC(Cl)CCN(C)S(=O)(=O)c1cncc(Br)c1. The maximum Gasteiger partial charge on any atom is 0.244 e. The highest BCUT2D eigenvalue weighted by molar-refractivity contribution is 9.10. The van der Waals surface area contributed by atoms with E-state index in [1.54, 1.807) is 6.20 Å². The summed E-state index contributed by atoms with van der Waals surface area (Å²) >= 11 is 9.00. The number of rotatable bonds is 5. The molecular formula is C10H14BrClN2O2S. The number of pyridine rings is 1. The van der Waals surface area contributed by atoms with E-state index in [-0.39, 0.29) is 10.3 Å². The highest BCUT2D eigenvalue weighted by Gasteiger charge is 2.21. The maximum atomic E-state index is 12.1. The lowest BCUT2D eigenvalue weighted by molar-refractivity contribution is 0.460. The second-order valence-corrected chi connectivity index (χ2v) is 7.44. The van der Waals surface area contributed by atoms with Crippen molar-refractivity contribution in [2.24, 2.45) is 0 Å². The van der Waals surface area contributed by atoms with Crippen LogP contribution >= 0.6 is 27.5 Å². The summed E-state index contributed by atoms with van der Waals surface area (Å²) in [4.78, 5) is 4.03. The van der Waals surface area contributed by atoms with Gasteiger partial charge in [-0.15, -0.1) is 11.6 Å². The van der Waals surface area contributed by atoms with Gasteiger partial charge >= 0.3 is 0 Å². The molecule has 0 radical (unpaired) electrons. The molecule has 0 saturated heterocycles. The fraction of sp³-hybridized carbons (Fsp3) is 0.500. The van der Waals surface area contributed by atoms with Gasteiger partial charge in [-0.1, -0.05) is 0 Å². The largest absolute Gasteiger partial charge is 0.262 e. The molecule has 1 aromatic heterocycles. The van der Waals surface area contributed by atoms with Gasteiger partial charge in [-0.25, -0.2) is 12.7 Å². The number of sulfonamides is 1. The second kappa shape index (κ2) is 6.13. The summed E-state index contributed by atoms with van der Waals surface area (Å²) in [6, 6.07) is 1.53. The van der Waals surface area contributed by atoms with Gasteiger partial charge < -0.3 is 0 Å². The third-order valence-electron chi connectivity index (χ3n) is 2.23. The first kappa shape index (κ1) is 14.9. The maximum absolute atomic E-state index is 12.1. The molecule has 7 heteroatoms. The number of hydrogen-bond donors (Lipinski definition) is 0. The molecule has 4 nitrogen and oxygen atoms in total. The van der Waals surface area contributed by atoms with Crippen molar-refractivity contribution in [3.05, 3.63) is 22.9 Å². The van der Waals surface area contributed by atoms with Crippen molar-refractivity contribution in [3.63, 3.8) is 0 Å². The van der Waals surface area contributed by atoms with Crippen molar-refractivity contribution < 1.29 is 8.42 Å². The van der Waals surface area contributed by atoms with Crippen molar-refractivity contribution in [2.45, 2.75) is 23.6 Å². The summed E-state index contributed by atoms with van der Waals surface area (Å²) in [6.45, 7) is 2.22. The Hall–Kier alpha value is -0.170. The Morgan fingerprint density at radius 3 is 2.71 bits per heavy atom. The first-order chi connectivity index (χ1) is 7.84. The van der Waals surface area contributed by atoms with Gasteiger partial charge in [-0.3, -0.25) is 4.98 Å². The smallest absolute Gasteiger partial charge is 0.244 e. The molecule has 0 aliphatic rings. The van der Waals surface area contributed by atoms with Crippen LogP contribution in [-0.2, 0) is 10.0 Å². The quantitative estimate of drug-likeness (QED) is 0.773. The van der Waals surface area contributed by atoms with Crippen LogP contribution in [0.25, 0.3) is 0 Å². The van der Waals surface area contributed by atoms with E-state index in [0.29, 0.717) is 17.4 Å². The van der Waals surface area contributed by atoms with Gasteiger partial charge in [0.2, 0.25) is 10.0 Å². The zero-order valence-corrected chi connectivity index (χ0v) is 12.8. The van der Waals surface area contributed by atoms with Crippen LogP contribution in [0.2, 0.25) is 0 Å². The van der Waals surface area contributed by atoms with E-state index in [4.69, 9.17) is 11.6 Å². The van der Waals surface area contributed by atoms with Gasteiger partial charge in [-0.2, -0.15) is 0 Å². The molecule has 0 amide bonds. The molecule has 0 aromatic carbocycles. The number of nitrogens with zero attached hydrogens (tertiary/aromatic N) is 2. The molecule has 17 heavy (non-hydrogen) atoms. The standard InChI is InChI=1S/C10H14BrClN2O2S/c1-8(12)3-4-14(2)17(15,16)10-5-9(11)6-13-7-10/h5-8H,3-4H2,1-2H3. The Morgan fingerprint density at radius 1 is 1.53 bits per heavy atom. The minimum atomic E-state index is -3.47. The van der Waals surface area contributed by atoms with Crippen molar-refractivity contribution in [1.29, 1.82) is 0 Å². The van der Waals surface area contributed by atoms with Crippen molar-refractivity contribution >= 4 is 37.6 Å². The van der Waals surface area contributed by atoms with Gasteiger partial charge in [0.1, 0.15) is 4.90 Å². The number of halogens is 2. The molecule has 0 aliphatic carbocycles. The van der Waals surface area contributed by atoms with Gasteiger partial charge in [0.05, 0.1) is 0 Å². The lowest BCUT2D eigenvalue weighted by atomic mass is 10.3. The summed E-state index contributed by atoms with van der Waals surface area (Å²) in [5.41, 5.74) is 0. The molecule has 0 fully saturated rings. The molecule has 1 rings (SSSR count). The molecule has 1 heterocycles. The first-order valence-corrected chi connectivity index (χ1v) is 7.72. The van der Waals surface area contributed by atoms with Crippen LogP contribution < -0.4 is 0 Å². The fourth-order valence-corrected chi connectivity index (χ4v) is 2.98. The summed E-state index contributed by atoms with van der Waals surface area (Å²) in [5, 5.41) is -0.0479. The zero-order chi connectivity index (χ0) is 13.1. The Bertz CT molecular complexity index is 479. The van der Waals surface area contributed by atoms with Crippen LogP contribution in [0.1, 0.15) is 13.3 Å². The topological polar surface area (TPSA) is 50.3 Å². The lowest BCUT2D eigenvalue weighted by Crippen LogP contribution is -2.29. The number of aromatic nitrogens is 1. The zero-order valence-electron chi connectivity index (χ0n) is 9.60. The molecule has 96 valence electrons. The minimum absolute atomic E-state index is 0.0479. The second-order valence-electron chi connectivity index (χ2n) is 3.73. The predicted molar refractivity (Wildman–Crippen MR) is 71.7 cm³/mol. The van der Waals surface area contributed by atoms with Gasteiger partial charge in [0, 0.05) is 35.8 Å². The van der Waals surface area contributed by atoms with Crippen LogP contribution in [0, 0.1) is 0 Å². The minimum Gasteiger partial charge on any atom is -0.262 e. The van der Waals surface area contributed by atoms with E-state index in [1.165, 1.54) is 23.6 Å². The van der Waals surface area contributed by atoms with Crippen LogP contribution in [0.15, 0.2) is 27.8 Å². The van der Waals surface area contributed by atoms with Crippen molar-refractivity contribution in [2.75, 3.05) is 13.6 Å². The van der Waals surface area contributed by atoms with E-state index < -0.39 is 10.0 Å². The Labute approximate surface area is 115 Å². The van der Waals surface area contributed by atoms with Gasteiger partial charge in [0.25, 0.3) is 0 Å². The predicted octanol–water partition coefficient (Wildman–Crippen LogP) is 2.48. The Balaban J connectivity index is 2.88. The molecule has 0 N–H and O–H groups in total. The summed E-state index contributed by atoms with van der Waals surface area (Å²) < 4.78 is 26.2. The van der Waals surface area contributed by atoms with Crippen LogP contribution in [0.3, 0.4) is 0 Å². The van der Waals surface area contributed by atoms with Crippen molar-refractivity contribution in [3.8, 4) is 0 Å². The molecule has 0 saturated carbocycles. The Kier molecular flexibility index (Phi) is 5.37. The number of hydrogen-bond acceptors (Lipinski definition) is 3. The number of alkyl halides is 1. The van der Waals surface area contributed by atoms with E-state index >= 15 is 0 Å². The van der Waals surface area contributed by atoms with E-state index in [2.05, 4.69) is 20.9 Å². The van der Waals surface area contributed by atoms with E-state index in [9.17, 15) is 8.42 Å². The van der Waals surface area contributed by atoms with Gasteiger partial charge in [0.15, 0.2) is 0 Å². The summed E-state index contributed by atoms with van der Waals surface area (Å²) in [7, 11) is -1.94. The molecule has 1 aromatic rings. The highest BCUT2D eigenvalue weighted by atomic mass is 79.9. The normalized spacial score (nSPS) is 13.9. The van der Waals surface area contributed by atoms with E-state index in [0.717, 1.165) is 0 Å². The molecule has 1 atom stereocenters. The van der Waals surface area contributed by atoms with Crippen LogP contribution in [0.5, 0.6) is 0 Å². The Morgan fingerprint density at radius 2 is 2.18 bits per heavy atom. The molecule has 0 spiro atoms. The third kappa shape index (κ3) is 4.21. The summed E-state index contributed by atoms with van der Waals surface area (Å²) in [5.74, 6) is 0. The van der Waals surface area contributed by atoms with Gasteiger partial charge in [-0.05, 0) is 35.3 Å². The van der Waals surface area contributed by atoms with Crippen LogP contribution in [0.4, 0.5) is 0 Å². The summed E-state index contributed by atoms with van der Waals surface area (Å²) in [6.07, 6.45) is 3.49. The molecular weight excluding hydrogens is 328 g/mol. The van der Waals surface area contributed by atoms with Crippen LogP contribution in [-0.4, -0.2) is 36.7 Å². The average molecular weight is 342 g/mol. The highest BCUT2D eigenvalue weighted by Crippen LogP contribution is 2.18. The van der Waals surface area contributed by atoms with E-state index in [1.807, 2.05) is 6.92 Å². The average Bonchev–Trinajstić information content (AvgIpc) is 2.25. The molecule has 0 aliphatic heterocycles. The molecule has 1 unspecified atom stereocenters. The first-order valence-electron chi connectivity index (χ1n) is 5.05. The lowest BCUT2D eigenvalue weighted by Gasteiger charge is -2.17. The monoisotopic (exact) mass is 340 g/mol. The fourth-order valence-electron chi connectivity index (χ4n) is 1.19. The molecule has 0 bridgehead atoms.